The van der Waals surface area contributed by atoms with Crippen LogP contribution < -0.4 is 20.1 Å². The van der Waals surface area contributed by atoms with Gasteiger partial charge in [-0.1, -0.05) is 11.3 Å². The minimum absolute atomic E-state index is 0.00593. The van der Waals surface area contributed by atoms with Crippen LogP contribution in [0.2, 0.25) is 0 Å². The molecule has 1 aliphatic rings. The summed E-state index contributed by atoms with van der Waals surface area (Å²) in [6.07, 6.45) is 0.00593. The Balaban J connectivity index is 1.35. The monoisotopic (exact) mass is 473 g/mol. The number of thiazole rings is 2. The molecule has 0 aliphatic carbocycles. The quantitative estimate of drug-likeness (QED) is 0.564. The molecule has 0 unspecified atom stereocenters. The van der Waals surface area contributed by atoms with E-state index in [1.165, 1.54) is 16.2 Å². The molecule has 0 atom stereocenters. The van der Waals surface area contributed by atoms with Crippen LogP contribution in [0.1, 0.15) is 31.4 Å². The number of amides is 3. The molecule has 12 heteroatoms. The molecule has 166 valence electrons. The Kier molecular flexibility index (Phi) is 6.06. The smallest absolute Gasteiger partial charge is 0.265 e. The molecule has 3 amide bonds. The van der Waals surface area contributed by atoms with Gasteiger partial charge in [-0.3, -0.25) is 19.7 Å². The lowest BCUT2D eigenvalue weighted by Gasteiger charge is -2.07. The van der Waals surface area contributed by atoms with Crippen LogP contribution in [0.25, 0.3) is 0 Å². The van der Waals surface area contributed by atoms with Gasteiger partial charge in [-0.2, -0.15) is 0 Å². The first kappa shape index (κ1) is 21.7. The predicted molar refractivity (Wildman–Crippen MR) is 120 cm³/mol. The van der Waals surface area contributed by atoms with E-state index in [1.807, 2.05) is 0 Å². The van der Waals surface area contributed by atoms with E-state index in [0.717, 1.165) is 11.3 Å². The van der Waals surface area contributed by atoms with Gasteiger partial charge in [0, 0.05) is 25.0 Å². The average Bonchev–Trinajstić information content (AvgIpc) is 3.47. The molecule has 0 fully saturated rings. The lowest BCUT2D eigenvalue weighted by molar-refractivity contribution is -0.115. The summed E-state index contributed by atoms with van der Waals surface area (Å²) in [5.74, 6) is 0.286. The van der Waals surface area contributed by atoms with Crippen molar-refractivity contribution in [3.63, 3.8) is 0 Å². The van der Waals surface area contributed by atoms with E-state index in [2.05, 4.69) is 20.6 Å². The summed E-state index contributed by atoms with van der Waals surface area (Å²) < 4.78 is 10.5. The lowest BCUT2D eigenvalue weighted by atomic mass is 10.2. The van der Waals surface area contributed by atoms with Crippen LogP contribution in [0.4, 0.5) is 10.3 Å². The molecular formula is C20H19N5O5S2. The molecule has 4 rings (SSSR count). The van der Waals surface area contributed by atoms with Crippen molar-refractivity contribution in [3.8, 4) is 11.5 Å². The van der Waals surface area contributed by atoms with Crippen LogP contribution in [-0.2, 0) is 11.2 Å². The highest BCUT2D eigenvalue weighted by Crippen LogP contribution is 2.32. The molecule has 2 N–H and O–H groups in total. The Labute approximate surface area is 191 Å². The normalized spacial score (nSPS) is 11.8. The molecule has 0 radical (unpaired) electrons. The van der Waals surface area contributed by atoms with Crippen molar-refractivity contribution in [2.24, 2.45) is 0 Å². The van der Waals surface area contributed by atoms with Crippen LogP contribution >= 0.6 is 22.7 Å². The zero-order chi connectivity index (χ0) is 22.8. The van der Waals surface area contributed by atoms with E-state index in [1.54, 1.807) is 44.6 Å². The minimum Gasteiger partial charge on any atom is -0.454 e. The highest BCUT2D eigenvalue weighted by Gasteiger charge is 2.19. The van der Waals surface area contributed by atoms with E-state index < -0.39 is 0 Å². The summed E-state index contributed by atoms with van der Waals surface area (Å²) in [5, 5.41) is 7.83. The van der Waals surface area contributed by atoms with Crippen LogP contribution in [0.3, 0.4) is 0 Å². The summed E-state index contributed by atoms with van der Waals surface area (Å²) in [7, 11) is 3.32. The van der Waals surface area contributed by atoms with Gasteiger partial charge < -0.3 is 19.7 Å². The number of hydrogen-bond donors (Lipinski definition) is 2. The standard InChI is InChI=1S/C20H19N5O5S2/c1-10-16(18(28)25(2)3)32-20(21-10)23-15(26)7-12-8-31-19(22-12)24-17(27)11-4-5-13-14(6-11)30-9-29-13/h4-6,8H,7,9H2,1-3H3,(H,21,23,26)(H,22,24,27). The largest absolute Gasteiger partial charge is 0.454 e. The molecule has 32 heavy (non-hydrogen) atoms. The van der Waals surface area contributed by atoms with Crippen molar-refractivity contribution in [2.75, 3.05) is 31.5 Å². The fraction of sp³-hybridized carbons (Fsp3) is 0.250. The van der Waals surface area contributed by atoms with E-state index in [-0.39, 0.29) is 30.9 Å². The van der Waals surface area contributed by atoms with E-state index in [4.69, 9.17) is 9.47 Å². The molecule has 3 aromatic rings. The van der Waals surface area contributed by atoms with Gasteiger partial charge >= 0.3 is 0 Å². The summed E-state index contributed by atoms with van der Waals surface area (Å²) in [6, 6.07) is 4.91. The van der Waals surface area contributed by atoms with Crippen molar-refractivity contribution in [1.29, 1.82) is 0 Å². The van der Waals surface area contributed by atoms with Gasteiger partial charge in [-0.05, 0) is 25.1 Å². The third kappa shape index (κ3) is 4.70. The van der Waals surface area contributed by atoms with Crippen LogP contribution in [0, 0.1) is 6.92 Å². The van der Waals surface area contributed by atoms with Gasteiger partial charge in [0.15, 0.2) is 21.8 Å². The van der Waals surface area contributed by atoms with Gasteiger partial charge in [0.05, 0.1) is 17.8 Å². The number of nitrogens with zero attached hydrogens (tertiary/aromatic N) is 3. The molecule has 2 aromatic heterocycles. The van der Waals surface area contributed by atoms with E-state index in [9.17, 15) is 14.4 Å². The molecule has 1 aromatic carbocycles. The van der Waals surface area contributed by atoms with Gasteiger partial charge in [-0.15, -0.1) is 11.3 Å². The molecule has 1 aliphatic heterocycles. The number of ether oxygens (including phenoxy) is 2. The highest BCUT2D eigenvalue weighted by molar-refractivity contribution is 7.17. The summed E-state index contributed by atoms with van der Waals surface area (Å²) in [6.45, 7) is 1.85. The average molecular weight is 474 g/mol. The Morgan fingerprint density at radius 1 is 1.09 bits per heavy atom. The topological polar surface area (TPSA) is 123 Å². The third-order valence-electron chi connectivity index (χ3n) is 4.39. The molecular weight excluding hydrogens is 454 g/mol. The maximum atomic E-state index is 12.5. The van der Waals surface area contributed by atoms with Gasteiger partial charge in [0.2, 0.25) is 12.7 Å². The Morgan fingerprint density at radius 3 is 2.66 bits per heavy atom. The van der Waals surface area contributed by atoms with Gasteiger partial charge in [-0.25, -0.2) is 9.97 Å². The number of nitrogens with one attached hydrogen (secondary N) is 2. The van der Waals surface area contributed by atoms with Crippen molar-refractivity contribution in [2.45, 2.75) is 13.3 Å². The number of anilines is 2. The zero-order valence-electron chi connectivity index (χ0n) is 17.4. The number of carbonyl (C=O) groups is 3. The fourth-order valence-corrected chi connectivity index (χ4v) is 4.54. The summed E-state index contributed by atoms with van der Waals surface area (Å²) >= 11 is 2.34. The Morgan fingerprint density at radius 2 is 1.88 bits per heavy atom. The maximum Gasteiger partial charge on any atom is 0.265 e. The molecule has 0 bridgehead atoms. The number of rotatable bonds is 6. The molecule has 0 spiro atoms. The predicted octanol–water partition coefficient (Wildman–Crippen LogP) is 2.77. The minimum atomic E-state index is -0.343. The second-order valence-corrected chi connectivity index (χ2v) is 8.88. The Bertz CT molecular complexity index is 1200. The van der Waals surface area contributed by atoms with Gasteiger partial charge in [0.1, 0.15) is 4.88 Å². The number of benzene rings is 1. The number of aryl methyl sites for hydroxylation is 1. The maximum absolute atomic E-state index is 12.5. The number of aromatic nitrogens is 2. The van der Waals surface area contributed by atoms with Crippen molar-refractivity contribution < 1.29 is 23.9 Å². The SMILES string of the molecule is Cc1nc(NC(=O)Cc2csc(NC(=O)c3ccc4c(c3)OCO4)n2)sc1C(=O)N(C)C. The van der Waals surface area contributed by atoms with Crippen LogP contribution in [-0.4, -0.2) is 53.5 Å². The summed E-state index contributed by atoms with van der Waals surface area (Å²) in [4.78, 5) is 47.5. The lowest BCUT2D eigenvalue weighted by Crippen LogP contribution is -2.21. The molecule has 0 saturated heterocycles. The summed E-state index contributed by atoms with van der Waals surface area (Å²) in [5.41, 5.74) is 1.48. The fourth-order valence-electron chi connectivity index (χ4n) is 2.83. The van der Waals surface area contributed by atoms with E-state index >= 15 is 0 Å². The first-order valence-electron chi connectivity index (χ1n) is 9.44. The highest BCUT2D eigenvalue weighted by atomic mass is 32.1. The second kappa shape index (κ2) is 8.93. The number of fused-ring (bicyclic) bond motifs is 1. The van der Waals surface area contributed by atoms with E-state index in [0.29, 0.717) is 43.6 Å². The van der Waals surface area contributed by atoms with Crippen molar-refractivity contribution in [3.05, 3.63) is 45.4 Å². The molecule has 10 nitrogen and oxygen atoms in total. The second-order valence-electron chi connectivity index (χ2n) is 7.02. The van der Waals surface area contributed by atoms with Crippen molar-refractivity contribution in [1.82, 2.24) is 14.9 Å². The third-order valence-corrected chi connectivity index (χ3v) is 6.26. The molecule has 0 saturated carbocycles. The first-order valence-corrected chi connectivity index (χ1v) is 11.1. The van der Waals surface area contributed by atoms with Crippen LogP contribution in [0.15, 0.2) is 23.6 Å². The van der Waals surface area contributed by atoms with Crippen molar-refractivity contribution >= 4 is 50.7 Å². The van der Waals surface area contributed by atoms with Crippen LogP contribution in [0.5, 0.6) is 11.5 Å². The zero-order valence-corrected chi connectivity index (χ0v) is 19.1. The Hall–Kier alpha value is -3.51. The number of hydrogen-bond acceptors (Lipinski definition) is 9. The molecule has 3 heterocycles. The first-order chi connectivity index (χ1) is 15.3. The number of carbonyl (C=O) groups excluding carboxylic acids is 3. The van der Waals surface area contributed by atoms with Gasteiger partial charge in [0.25, 0.3) is 11.8 Å².